The number of carbonyl (C=O) groups excluding carboxylic acids is 1. The number of aliphatic hydroxyl groups excluding tert-OH is 4. The zero-order valence-electron chi connectivity index (χ0n) is 33.2. The van der Waals surface area contributed by atoms with E-state index in [1.54, 1.807) is 21.1 Å². The van der Waals surface area contributed by atoms with Gasteiger partial charge in [0.15, 0.2) is 18.9 Å². The lowest BCUT2D eigenvalue weighted by Gasteiger charge is -2.58. The highest BCUT2D eigenvalue weighted by molar-refractivity contribution is 5.87. The Hall–Kier alpha value is -1.57. The van der Waals surface area contributed by atoms with E-state index in [0.717, 1.165) is 38.5 Å². The summed E-state index contributed by atoms with van der Waals surface area (Å²) < 4.78 is 62.0. The standard InChI is InChI=1S/C41H60O15/c1-19-34(53-30-17-26(48-6)35(20(2)50-30)54-36-33(45)32(44)31(43)27(18-42)52-36)25(47-5)16-29(49-19)51-22-9-12-38(3)21(15-22)7-8-24-23(38)10-13-40-28-11-14-41(24,40)56-39(28,4)55-37(40)46/h7,10,13,19-20,22-36,42-45H,8-9,11-12,14-18H2,1-6H3/t19-,20+,22+,23+,24-,25+,26-,27-,28-,29+,30+,31-,32+,33-,34-,35+,36+,38+,39-,40-,41+/m1/s1. The molecule has 4 bridgehead atoms. The van der Waals surface area contributed by atoms with Crippen molar-refractivity contribution in [3.63, 3.8) is 0 Å². The second-order valence-electron chi connectivity index (χ2n) is 18.2. The molecule has 0 aromatic carbocycles. The number of allylic oxidation sites excluding steroid dienone is 2. The maximum Gasteiger partial charge on any atom is 0.321 e. The highest BCUT2D eigenvalue weighted by Crippen LogP contribution is 2.76. The van der Waals surface area contributed by atoms with E-state index < -0.39 is 91.1 Å². The fourth-order valence-corrected chi connectivity index (χ4v) is 12.6. The van der Waals surface area contributed by atoms with E-state index in [-0.39, 0.29) is 53.9 Å². The van der Waals surface area contributed by atoms with Gasteiger partial charge in [-0.2, -0.15) is 0 Å². The lowest BCUT2D eigenvalue weighted by atomic mass is 9.48. The molecule has 5 saturated heterocycles. The largest absolute Gasteiger partial charge is 0.432 e. The summed E-state index contributed by atoms with van der Waals surface area (Å²) in [7, 11) is 3.20. The van der Waals surface area contributed by atoms with Crippen molar-refractivity contribution < 1.29 is 72.6 Å². The first kappa shape index (κ1) is 39.9. The summed E-state index contributed by atoms with van der Waals surface area (Å²) in [4.78, 5) is 13.4. The van der Waals surface area contributed by atoms with E-state index in [0.29, 0.717) is 6.42 Å². The van der Waals surface area contributed by atoms with Crippen LogP contribution in [-0.4, -0.2) is 145 Å². The van der Waals surface area contributed by atoms with Gasteiger partial charge in [0.2, 0.25) is 5.79 Å². The first-order chi connectivity index (χ1) is 26.7. The molecule has 0 radical (unpaired) electrons. The molecule has 56 heavy (non-hydrogen) atoms. The van der Waals surface area contributed by atoms with E-state index in [1.807, 2.05) is 13.8 Å². The van der Waals surface area contributed by atoms with Crippen molar-refractivity contribution in [2.75, 3.05) is 20.8 Å². The van der Waals surface area contributed by atoms with Crippen molar-refractivity contribution in [1.82, 2.24) is 0 Å². The smallest absolute Gasteiger partial charge is 0.321 e. The van der Waals surface area contributed by atoms with Gasteiger partial charge in [-0.1, -0.05) is 30.7 Å². The second kappa shape index (κ2) is 14.3. The van der Waals surface area contributed by atoms with Crippen LogP contribution in [0.5, 0.6) is 0 Å². The second-order valence-corrected chi connectivity index (χ2v) is 18.2. The Balaban J connectivity index is 0.811. The Morgan fingerprint density at radius 2 is 1.54 bits per heavy atom. The third-order valence-corrected chi connectivity index (χ3v) is 15.5. The molecule has 7 fully saturated rings. The van der Waals surface area contributed by atoms with Crippen LogP contribution in [0.1, 0.15) is 79.1 Å². The molecule has 4 N–H and O–H groups in total. The summed E-state index contributed by atoms with van der Waals surface area (Å²) in [5.41, 5.74) is 0.222. The number of hydrogen-bond donors (Lipinski definition) is 4. The van der Waals surface area contributed by atoms with Crippen LogP contribution in [-0.2, 0) is 52.2 Å². The van der Waals surface area contributed by atoms with Crippen LogP contribution < -0.4 is 0 Å². The Kier molecular flexibility index (Phi) is 10.2. The molecule has 21 atom stereocenters. The molecule has 0 aromatic rings. The van der Waals surface area contributed by atoms with E-state index in [2.05, 4.69) is 25.2 Å². The number of fused-ring (bicyclic) bond motifs is 3. The van der Waals surface area contributed by atoms with Gasteiger partial charge in [0.25, 0.3) is 0 Å². The quantitative estimate of drug-likeness (QED) is 0.196. The lowest BCUT2D eigenvalue weighted by Crippen LogP contribution is -2.62. The Morgan fingerprint density at radius 3 is 2.21 bits per heavy atom. The summed E-state index contributed by atoms with van der Waals surface area (Å²) in [6, 6.07) is 0. The SMILES string of the molecule is CO[C@H]1C[C@H](O[C@H]2CC[C@@]3(C)C(=CC[C@@H]4[C@@H]3C=C[C@@]35C(=O)O[C@]6(C)O[C@@]43CC[C@H]65)C2)O[C@H](C)[C@H]1O[C@H]1C[C@@H](OC)[C@@H](O[C@@H]2O[C@H](CO)[C@@H](O)[C@H](O)[C@H]2O)[C@H](C)O1. The average Bonchev–Trinajstić information content (AvgIpc) is 3.72. The van der Waals surface area contributed by atoms with E-state index >= 15 is 0 Å². The predicted molar refractivity (Wildman–Crippen MR) is 192 cm³/mol. The summed E-state index contributed by atoms with van der Waals surface area (Å²) >= 11 is 0. The molecule has 15 nitrogen and oxygen atoms in total. The van der Waals surface area contributed by atoms with Gasteiger partial charge in [-0.25, -0.2) is 0 Å². The van der Waals surface area contributed by atoms with Gasteiger partial charge in [-0.15, -0.1) is 0 Å². The van der Waals surface area contributed by atoms with Crippen LogP contribution in [0.4, 0.5) is 0 Å². The molecule has 5 aliphatic heterocycles. The third-order valence-electron chi connectivity index (χ3n) is 15.5. The van der Waals surface area contributed by atoms with Crippen molar-refractivity contribution in [2.45, 2.75) is 176 Å². The average molecular weight is 793 g/mol. The summed E-state index contributed by atoms with van der Waals surface area (Å²) in [5.74, 6) is -0.322. The van der Waals surface area contributed by atoms with Crippen LogP contribution in [0.2, 0.25) is 0 Å². The van der Waals surface area contributed by atoms with Gasteiger partial charge in [-0.05, 0) is 63.7 Å². The van der Waals surface area contributed by atoms with E-state index in [9.17, 15) is 25.2 Å². The minimum Gasteiger partial charge on any atom is -0.432 e. The monoisotopic (exact) mass is 792 g/mol. The van der Waals surface area contributed by atoms with Crippen LogP contribution in [0.25, 0.3) is 0 Å². The molecule has 314 valence electrons. The Labute approximate surface area is 327 Å². The number of ether oxygens (including phenoxy) is 10. The predicted octanol–water partition coefficient (Wildman–Crippen LogP) is 2.00. The molecule has 2 saturated carbocycles. The van der Waals surface area contributed by atoms with Gasteiger partial charge in [0.1, 0.15) is 42.0 Å². The molecule has 5 heterocycles. The van der Waals surface area contributed by atoms with Crippen molar-refractivity contribution in [3.05, 3.63) is 23.8 Å². The van der Waals surface area contributed by atoms with E-state index in [4.69, 9.17) is 47.4 Å². The molecule has 0 unspecified atom stereocenters. The van der Waals surface area contributed by atoms with Crippen LogP contribution in [0, 0.1) is 28.6 Å². The van der Waals surface area contributed by atoms with Gasteiger partial charge < -0.3 is 67.8 Å². The third kappa shape index (κ3) is 5.74. The number of aliphatic hydroxyl groups is 4. The van der Waals surface area contributed by atoms with Crippen LogP contribution in [0.3, 0.4) is 0 Å². The van der Waals surface area contributed by atoms with Gasteiger partial charge >= 0.3 is 5.97 Å². The normalized spacial score (nSPS) is 55.9. The molecule has 4 aliphatic carbocycles. The maximum absolute atomic E-state index is 13.4. The number of carbonyl (C=O) groups is 1. The fraction of sp³-hybridized carbons (Fsp3) is 0.878. The molecule has 9 rings (SSSR count). The van der Waals surface area contributed by atoms with Crippen molar-refractivity contribution in [1.29, 1.82) is 0 Å². The number of esters is 1. The summed E-state index contributed by atoms with van der Waals surface area (Å²) in [5, 5.41) is 40.6. The number of rotatable bonds is 9. The molecule has 1 spiro atoms. The number of methoxy groups -OCH3 is 2. The van der Waals surface area contributed by atoms with Gasteiger partial charge in [-0.3, -0.25) is 4.79 Å². The Morgan fingerprint density at radius 1 is 0.857 bits per heavy atom. The number of hydrogen-bond acceptors (Lipinski definition) is 15. The zero-order chi connectivity index (χ0) is 39.5. The van der Waals surface area contributed by atoms with Gasteiger partial charge in [0.05, 0.1) is 42.7 Å². The fourth-order valence-electron chi connectivity index (χ4n) is 12.6. The van der Waals surface area contributed by atoms with Crippen LogP contribution in [0.15, 0.2) is 23.8 Å². The minimum absolute atomic E-state index is 0.00997. The zero-order valence-corrected chi connectivity index (χ0v) is 33.2. The molecular formula is C41H60O15. The first-order valence-corrected chi connectivity index (χ1v) is 20.7. The first-order valence-electron chi connectivity index (χ1n) is 20.7. The Bertz CT molecular complexity index is 1570. The molecule has 0 amide bonds. The van der Waals surface area contributed by atoms with E-state index in [1.165, 1.54) is 5.57 Å². The molecule has 9 aliphatic rings. The highest BCUT2D eigenvalue weighted by Gasteiger charge is 2.85. The van der Waals surface area contributed by atoms with Crippen molar-refractivity contribution >= 4 is 5.97 Å². The van der Waals surface area contributed by atoms with Crippen LogP contribution >= 0.6 is 0 Å². The summed E-state index contributed by atoms with van der Waals surface area (Å²) in [6.07, 6.45) is 1.90. The lowest BCUT2D eigenvalue weighted by molar-refractivity contribution is -0.353. The highest BCUT2D eigenvalue weighted by atomic mass is 16.8. The topological polar surface area (TPSA) is 190 Å². The van der Waals surface area contributed by atoms with Crippen molar-refractivity contribution in [3.8, 4) is 0 Å². The molecule has 0 aromatic heterocycles. The molecule has 15 heteroatoms. The maximum atomic E-state index is 13.4. The summed E-state index contributed by atoms with van der Waals surface area (Å²) in [6.45, 7) is 7.52. The van der Waals surface area contributed by atoms with Crippen molar-refractivity contribution in [2.24, 2.45) is 28.6 Å². The minimum atomic E-state index is -1.56. The van der Waals surface area contributed by atoms with Gasteiger partial charge in [0, 0.05) is 45.8 Å². The molecular weight excluding hydrogens is 732 g/mol.